The molecular weight excluding hydrogens is 288 g/mol. The van der Waals surface area contributed by atoms with Crippen LogP contribution in [-0.4, -0.2) is 40.3 Å². The molecule has 1 aliphatic heterocycles. The third-order valence-electron chi connectivity index (χ3n) is 3.94. The third kappa shape index (κ3) is 3.07. The number of hydrogen-bond donors (Lipinski definition) is 1. The van der Waals surface area contributed by atoms with E-state index in [-0.39, 0.29) is 0 Å². The van der Waals surface area contributed by atoms with Gasteiger partial charge in [-0.25, -0.2) is 9.97 Å². The number of thiophene rings is 1. The minimum Gasteiger partial charge on any atom is -0.383 e. The monoisotopic (exact) mass is 308 g/mol. The Morgan fingerprint density at radius 3 is 3.20 bits per heavy atom. The summed E-state index contributed by atoms with van der Waals surface area (Å²) in [5.41, 5.74) is 5.97. The topological polar surface area (TPSA) is 55.0 Å². The molecule has 1 fully saturated rings. The van der Waals surface area contributed by atoms with Crippen molar-refractivity contribution in [1.82, 2.24) is 14.9 Å². The van der Waals surface area contributed by atoms with Gasteiger partial charge in [0.1, 0.15) is 10.6 Å². The predicted octanol–water partition coefficient (Wildman–Crippen LogP) is 3.24. The largest absolute Gasteiger partial charge is 0.383 e. The van der Waals surface area contributed by atoms with Crippen LogP contribution in [0.5, 0.6) is 0 Å². The van der Waals surface area contributed by atoms with Gasteiger partial charge >= 0.3 is 0 Å². The van der Waals surface area contributed by atoms with Crippen LogP contribution in [0.1, 0.15) is 25.7 Å². The Morgan fingerprint density at radius 1 is 1.45 bits per heavy atom. The van der Waals surface area contributed by atoms with Gasteiger partial charge in [0, 0.05) is 11.8 Å². The number of nitrogen functional groups attached to an aromatic ring is 1. The average Bonchev–Trinajstić information content (AvgIpc) is 2.90. The van der Waals surface area contributed by atoms with Crippen LogP contribution in [0.25, 0.3) is 10.2 Å². The summed E-state index contributed by atoms with van der Waals surface area (Å²) in [6.45, 7) is 1.24. The van der Waals surface area contributed by atoms with Crippen molar-refractivity contribution in [1.29, 1.82) is 0 Å². The zero-order valence-corrected chi connectivity index (χ0v) is 13.3. The summed E-state index contributed by atoms with van der Waals surface area (Å²) < 4.78 is 0. The van der Waals surface area contributed by atoms with Gasteiger partial charge in [-0.15, -0.1) is 11.3 Å². The van der Waals surface area contributed by atoms with Crippen LogP contribution in [0, 0.1) is 0 Å². The van der Waals surface area contributed by atoms with Gasteiger partial charge in [-0.05, 0) is 44.3 Å². The molecule has 2 N–H and O–H groups in total. The van der Waals surface area contributed by atoms with E-state index in [1.165, 1.54) is 32.2 Å². The standard InChI is InChI=1S/C14H20N4S2/c1-18-7-3-2-4-10(18)5-8-20-14-16-12(15)11-6-9-19-13(11)17-14/h6,9-10H,2-5,7-8H2,1H3,(H2,15,16,17). The van der Waals surface area contributed by atoms with Crippen molar-refractivity contribution >= 4 is 39.1 Å². The molecule has 3 heterocycles. The number of nitrogens with zero attached hydrogens (tertiary/aromatic N) is 3. The smallest absolute Gasteiger partial charge is 0.190 e. The van der Waals surface area contributed by atoms with E-state index >= 15 is 0 Å². The fraction of sp³-hybridized carbons (Fsp3) is 0.571. The Labute approximate surface area is 127 Å². The molecule has 108 valence electrons. The molecule has 0 amide bonds. The Balaban J connectivity index is 1.59. The fourth-order valence-corrected chi connectivity index (χ4v) is 4.44. The molecule has 4 nitrogen and oxygen atoms in total. The molecule has 0 bridgehead atoms. The average molecular weight is 308 g/mol. The van der Waals surface area contributed by atoms with Crippen LogP contribution >= 0.6 is 23.1 Å². The van der Waals surface area contributed by atoms with Gasteiger partial charge in [-0.3, -0.25) is 0 Å². The Morgan fingerprint density at radius 2 is 2.35 bits per heavy atom. The lowest BCUT2D eigenvalue weighted by Gasteiger charge is -2.32. The molecule has 1 unspecified atom stereocenters. The van der Waals surface area contributed by atoms with Crippen LogP contribution in [0.2, 0.25) is 0 Å². The molecule has 2 aromatic rings. The van der Waals surface area contributed by atoms with Crippen molar-refractivity contribution < 1.29 is 0 Å². The first-order valence-corrected chi connectivity index (χ1v) is 8.94. The first-order chi connectivity index (χ1) is 9.74. The minimum atomic E-state index is 0.605. The van der Waals surface area contributed by atoms with Crippen molar-refractivity contribution in [3.8, 4) is 0 Å². The number of thioether (sulfide) groups is 1. The summed E-state index contributed by atoms with van der Waals surface area (Å²) >= 11 is 3.35. The molecule has 1 saturated heterocycles. The van der Waals surface area contributed by atoms with Gasteiger partial charge in [0.25, 0.3) is 0 Å². The highest BCUT2D eigenvalue weighted by Gasteiger charge is 2.18. The lowest BCUT2D eigenvalue weighted by molar-refractivity contribution is 0.182. The van der Waals surface area contributed by atoms with Gasteiger partial charge < -0.3 is 10.6 Å². The molecule has 0 saturated carbocycles. The number of nitrogens with two attached hydrogens (primary N) is 1. The van der Waals surface area contributed by atoms with Crippen molar-refractivity contribution in [3.63, 3.8) is 0 Å². The second kappa shape index (κ2) is 6.28. The maximum absolute atomic E-state index is 5.97. The molecule has 0 aromatic carbocycles. The number of likely N-dealkylation sites (tertiary alicyclic amines) is 1. The molecule has 20 heavy (non-hydrogen) atoms. The summed E-state index contributed by atoms with van der Waals surface area (Å²) in [7, 11) is 2.24. The Bertz CT molecular complexity index is 584. The van der Waals surface area contributed by atoms with Gasteiger partial charge in [0.2, 0.25) is 0 Å². The molecular formula is C14H20N4S2. The van der Waals surface area contributed by atoms with Crippen molar-refractivity contribution in [2.45, 2.75) is 36.9 Å². The number of fused-ring (bicyclic) bond motifs is 1. The highest BCUT2D eigenvalue weighted by molar-refractivity contribution is 7.99. The van der Waals surface area contributed by atoms with Crippen molar-refractivity contribution in [2.24, 2.45) is 0 Å². The normalized spacial score (nSPS) is 20.6. The van der Waals surface area contributed by atoms with E-state index < -0.39 is 0 Å². The molecule has 3 rings (SSSR count). The van der Waals surface area contributed by atoms with Crippen LogP contribution in [0.4, 0.5) is 5.82 Å². The van der Waals surface area contributed by atoms with E-state index in [4.69, 9.17) is 5.73 Å². The van der Waals surface area contributed by atoms with Gasteiger partial charge in [-0.1, -0.05) is 18.2 Å². The first kappa shape index (κ1) is 14.1. The maximum atomic E-state index is 5.97. The predicted molar refractivity (Wildman–Crippen MR) is 87.4 cm³/mol. The Kier molecular flexibility index (Phi) is 4.43. The lowest BCUT2D eigenvalue weighted by Crippen LogP contribution is -2.36. The number of hydrogen-bond acceptors (Lipinski definition) is 6. The fourth-order valence-electron chi connectivity index (χ4n) is 2.72. The third-order valence-corrected chi connectivity index (χ3v) is 5.63. The number of anilines is 1. The van der Waals surface area contributed by atoms with Crippen LogP contribution < -0.4 is 5.73 Å². The molecule has 0 spiro atoms. The second-order valence-electron chi connectivity index (χ2n) is 5.30. The summed E-state index contributed by atoms with van der Waals surface area (Å²) in [4.78, 5) is 12.5. The van der Waals surface area contributed by atoms with E-state index in [1.807, 2.05) is 11.4 Å². The van der Waals surface area contributed by atoms with Crippen LogP contribution in [-0.2, 0) is 0 Å². The van der Waals surface area contributed by atoms with Crippen molar-refractivity contribution in [2.75, 3.05) is 25.1 Å². The van der Waals surface area contributed by atoms with E-state index in [0.29, 0.717) is 5.82 Å². The Hall–Kier alpha value is -0.850. The summed E-state index contributed by atoms with van der Waals surface area (Å²) in [6.07, 6.45) is 5.23. The maximum Gasteiger partial charge on any atom is 0.190 e. The number of rotatable bonds is 4. The van der Waals surface area contributed by atoms with Gasteiger partial charge in [0.05, 0.1) is 5.39 Å². The summed E-state index contributed by atoms with van der Waals surface area (Å²) in [6, 6.07) is 2.71. The number of piperidine rings is 1. The second-order valence-corrected chi connectivity index (χ2v) is 7.25. The lowest BCUT2D eigenvalue weighted by atomic mass is 10.0. The zero-order chi connectivity index (χ0) is 13.9. The molecule has 1 aliphatic rings. The SMILES string of the molecule is CN1CCCCC1CCSc1nc(N)c2ccsc2n1. The quantitative estimate of drug-likeness (QED) is 0.694. The van der Waals surface area contributed by atoms with E-state index in [2.05, 4.69) is 21.9 Å². The highest BCUT2D eigenvalue weighted by Crippen LogP contribution is 2.27. The molecule has 0 radical (unpaired) electrons. The molecule has 1 atom stereocenters. The number of aromatic nitrogens is 2. The highest BCUT2D eigenvalue weighted by atomic mass is 32.2. The first-order valence-electron chi connectivity index (χ1n) is 7.08. The summed E-state index contributed by atoms with van der Waals surface area (Å²) in [5.74, 6) is 1.67. The van der Waals surface area contributed by atoms with Crippen molar-refractivity contribution in [3.05, 3.63) is 11.4 Å². The van der Waals surface area contributed by atoms with Gasteiger partial charge in [-0.2, -0.15) is 0 Å². The zero-order valence-electron chi connectivity index (χ0n) is 11.7. The molecule has 6 heteroatoms. The minimum absolute atomic E-state index is 0.605. The van der Waals surface area contributed by atoms with E-state index in [1.54, 1.807) is 23.1 Å². The van der Waals surface area contributed by atoms with Crippen LogP contribution in [0.3, 0.4) is 0 Å². The van der Waals surface area contributed by atoms with E-state index in [0.717, 1.165) is 27.2 Å². The van der Waals surface area contributed by atoms with E-state index in [9.17, 15) is 0 Å². The van der Waals surface area contributed by atoms with Crippen LogP contribution in [0.15, 0.2) is 16.6 Å². The molecule has 2 aromatic heterocycles. The summed E-state index contributed by atoms with van der Waals surface area (Å²) in [5, 5.41) is 3.81. The van der Waals surface area contributed by atoms with Gasteiger partial charge in [0.15, 0.2) is 5.16 Å². The molecule has 0 aliphatic carbocycles.